The number of amides is 1. The summed E-state index contributed by atoms with van der Waals surface area (Å²) in [4.78, 5) is 19.3. The quantitative estimate of drug-likeness (QED) is 0.566. The Kier molecular flexibility index (Phi) is 6.38. The number of aromatic nitrogens is 1. The van der Waals surface area contributed by atoms with Crippen LogP contribution in [0.3, 0.4) is 0 Å². The highest BCUT2D eigenvalue weighted by Gasteiger charge is 2.28. The molecule has 6 heteroatoms. The van der Waals surface area contributed by atoms with Gasteiger partial charge in [-0.2, -0.15) is 0 Å². The lowest BCUT2D eigenvalue weighted by Crippen LogP contribution is -2.40. The van der Waals surface area contributed by atoms with Gasteiger partial charge in [-0.15, -0.1) is 0 Å². The lowest BCUT2D eigenvalue weighted by Gasteiger charge is -2.31. The summed E-state index contributed by atoms with van der Waals surface area (Å²) in [6, 6.07) is 15.4. The van der Waals surface area contributed by atoms with Crippen molar-refractivity contribution in [1.29, 1.82) is 0 Å². The number of carbonyl (C=O) groups is 1. The molecular formula is C24H25ClN2O3. The molecule has 3 aromatic rings. The van der Waals surface area contributed by atoms with Gasteiger partial charge in [0.15, 0.2) is 5.89 Å². The Labute approximate surface area is 181 Å². The summed E-state index contributed by atoms with van der Waals surface area (Å²) in [5.74, 6) is 2.45. The number of likely N-dealkylation sites (tertiary alicyclic amines) is 1. The predicted octanol–water partition coefficient (Wildman–Crippen LogP) is 4.88. The molecule has 156 valence electrons. The topological polar surface area (TPSA) is 55.6 Å². The minimum atomic E-state index is 0.104. The number of oxazole rings is 1. The summed E-state index contributed by atoms with van der Waals surface area (Å²) in [5.41, 5.74) is 1.92. The molecule has 30 heavy (non-hydrogen) atoms. The maximum atomic E-state index is 12.9. The zero-order valence-electron chi connectivity index (χ0n) is 17.0. The normalized spacial score (nSPS) is 16.5. The van der Waals surface area contributed by atoms with Gasteiger partial charge in [0.25, 0.3) is 0 Å². The average Bonchev–Trinajstić information content (AvgIpc) is 3.24. The molecule has 1 aliphatic rings. The molecule has 5 nitrogen and oxygen atoms in total. The molecule has 2 aromatic carbocycles. The fourth-order valence-corrected chi connectivity index (χ4v) is 4.15. The zero-order valence-corrected chi connectivity index (χ0v) is 17.8. The van der Waals surface area contributed by atoms with E-state index < -0.39 is 0 Å². The van der Waals surface area contributed by atoms with Gasteiger partial charge in [0.2, 0.25) is 5.91 Å². The Morgan fingerprint density at radius 3 is 2.77 bits per heavy atom. The Hall–Kier alpha value is -2.79. The zero-order chi connectivity index (χ0) is 20.9. The molecule has 2 heterocycles. The van der Waals surface area contributed by atoms with E-state index in [2.05, 4.69) is 4.98 Å². The van der Waals surface area contributed by atoms with Crippen LogP contribution in [0.5, 0.6) is 5.75 Å². The smallest absolute Gasteiger partial charge is 0.227 e. The number of carbonyl (C=O) groups excluding carboxylic acids is 1. The Bertz CT molecular complexity index is 1020. The van der Waals surface area contributed by atoms with Gasteiger partial charge in [0, 0.05) is 30.1 Å². The molecule has 0 saturated carbocycles. The lowest BCUT2D eigenvalue weighted by molar-refractivity contribution is -0.131. The first-order chi connectivity index (χ1) is 14.6. The minimum Gasteiger partial charge on any atom is -0.496 e. The fraction of sp³-hybridized carbons (Fsp3) is 0.333. The van der Waals surface area contributed by atoms with Gasteiger partial charge in [-0.1, -0.05) is 48.0 Å². The van der Waals surface area contributed by atoms with Crippen molar-refractivity contribution >= 4 is 17.5 Å². The van der Waals surface area contributed by atoms with Crippen molar-refractivity contribution < 1.29 is 13.9 Å². The number of nitrogens with zero attached hydrogens (tertiary/aromatic N) is 2. The van der Waals surface area contributed by atoms with Crippen molar-refractivity contribution in [3.8, 4) is 5.75 Å². The monoisotopic (exact) mass is 424 g/mol. The number of hydrogen-bond donors (Lipinski definition) is 0. The van der Waals surface area contributed by atoms with E-state index in [9.17, 15) is 4.79 Å². The maximum absolute atomic E-state index is 12.9. The molecule has 0 unspecified atom stereocenters. The third-order valence-corrected chi connectivity index (χ3v) is 5.92. The van der Waals surface area contributed by atoms with E-state index in [0.717, 1.165) is 47.0 Å². The first kappa shape index (κ1) is 20.5. The molecule has 0 bridgehead atoms. The number of methoxy groups -OCH3 is 1. The molecule has 0 aliphatic carbocycles. The van der Waals surface area contributed by atoms with Crippen molar-refractivity contribution in [2.24, 2.45) is 0 Å². The minimum absolute atomic E-state index is 0.104. The van der Waals surface area contributed by atoms with Crippen LogP contribution in [0.25, 0.3) is 0 Å². The molecule has 1 fully saturated rings. The van der Waals surface area contributed by atoms with Gasteiger partial charge in [0.05, 0.1) is 25.6 Å². The Morgan fingerprint density at radius 1 is 1.20 bits per heavy atom. The van der Waals surface area contributed by atoms with E-state index in [4.69, 9.17) is 20.8 Å². The molecule has 4 rings (SSSR count). The van der Waals surface area contributed by atoms with E-state index in [-0.39, 0.29) is 11.8 Å². The number of hydrogen-bond acceptors (Lipinski definition) is 4. The lowest BCUT2D eigenvalue weighted by atomic mass is 9.97. The highest BCUT2D eigenvalue weighted by atomic mass is 35.5. The van der Waals surface area contributed by atoms with Crippen molar-refractivity contribution in [2.75, 3.05) is 20.2 Å². The van der Waals surface area contributed by atoms with E-state index in [1.54, 1.807) is 13.3 Å². The summed E-state index contributed by atoms with van der Waals surface area (Å²) >= 11 is 6.26. The molecule has 1 atom stereocenters. The summed E-state index contributed by atoms with van der Waals surface area (Å²) in [6.07, 6.45) is 4.61. The second-order valence-corrected chi connectivity index (χ2v) is 8.01. The van der Waals surface area contributed by atoms with Crippen LogP contribution in [-0.4, -0.2) is 36.0 Å². The molecule has 0 radical (unpaired) electrons. The van der Waals surface area contributed by atoms with E-state index in [1.165, 1.54) is 0 Å². The number of rotatable bonds is 6. The van der Waals surface area contributed by atoms with Gasteiger partial charge < -0.3 is 14.1 Å². The van der Waals surface area contributed by atoms with Crippen molar-refractivity contribution in [2.45, 2.75) is 31.6 Å². The van der Waals surface area contributed by atoms with Crippen molar-refractivity contribution in [3.63, 3.8) is 0 Å². The van der Waals surface area contributed by atoms with Gasteiger partial charge in [0.1, 0.15) is 11.5 Å². The molecular weight excluding hydrogens is 400 g/mol. The third kappa shape index (κ3) is 4.68. The highest BCUT2D eigenvalue weighted by Crippen LogP contribution is 2.29. The molecule has 1 amide bonds. The third-order valence-electron chi connectivity index (χ3n) is 5.55. The van der Waals surface area contributed by atoms with E-state index in [1.807, 2.05) is 53.4 Å². The first-order valence-corrected chi connectivity index (χ1v) is 10.6. The van der Waals surface area contributed by atoms with Crippen LogP contribution in [0.15, 0.2) is 59.1 Å². The predicted molar refractivity (Wildman–Crippen MR) is 116 cm³/mol. The van der Waals surface area contributed by atoms with Crippen LogP contribution < -0.4 is 4.74 Å². The van der Waals surface area contributed by atoms with E-state index in [0.29, 0.717) is 25.3 Å². The van der Waals surface area contributed by atoms with Crippen LogP contribution in [-0.2, 0) is 17.6 Å². The molecule has 0 N–H and O–H groups in total. The number of ether oxygens (including phenoxy) is 1. The molecule has 1 saturated heterocycles. The highest BCUT2D eigenvalue weighted by molar-refractivity contribution is 6.31. The fourth-order valence-electron chi connectivity index (χ4n) is 3.95. The number of piperidine rings is 1. The van der Waals surface area contributed by atoms with Gasteiger partial charge >= 0.3 is 0 Å². The first-order valence-electron chi connectivity index (χ1n) is 10.2. The second-order valence-electron chi connectivity index (χ2n) is 7.60. The maximum Gasteiger partial charge on any atom is 0.227 e. The van der Waals surface area contributed by atoms with Crippen molar-refractivity contribution in [1.82, 2.24) is 9.88 Å². The number of benzene rings is 2. The van der Waals surface area contributed by atoms with Crippen molar-refractivity contribution in [3.05, 3.63) is 82.5 Å². The number of halogens is 1. The van der Waals surface area contributed by atoms with E-state index >= 15 is 0 Å². The van der Waals surface area contributed by atoms with Crippen LogP contribution >= 0.6 is 11.6 Å². The van der Waals surface area contributed by atoms with Crippen LogP contribution in [0, 0.1) is 0 Å². The Balaban J connectivity index is 1.41. The van der Waals surface area contributed by atoms with Crippen LogP contribution in [0.4, 0.5) is 0 Å². The molecule has 1 aliphatic heterocycles. The van der Waals surface area contributed by atoms with Crippen LogP contribution in [0.1, 0.15) is 41.5 Å². The average molecular weight is 425 g/mol. The van der Waals surface area contributed by atoms with Crippen LogP contribution in [0.2, 0.25) is 5.02 Å². The second kappa shape index (κ2) is 9.35. The summed E-state index contributed by atoms with van der Waals surface area (Å²) in [7, 11) is 1.63. The molecule has 0 spiro atoms. The Morgan fingerprint density at radius 2 is 1.97 bits per heavy atom. The largest absolute Gasteiger partial charge is 0.496 e. The summed E-state index contributed by atoms with van der Waals surface area (Å²) in [5, 5.41) is 0.723. The number of para-hydroxylation sites is 1. The molecule has 1 aromatic heterocycles. The van der Waals surface area contributed by atoms with Gasteiger partial charge in [-0.3, -0.25) is 4.79 Å². The summed E-state index contributed by atoms with van der Waals surface area (Å²) < 4.78 is 11.4. The summed E-state index contributed by atoms with van der Waals surface area (Å²) in [6.45, 7) is 1.39. The SMILES string of the molecule is COc1ccccc1CC(=O)N1CCC[C@@H](c2ncc(Cc3ccccc3Cl)o2)C1. The standard InChI is InChI=1S/C24H25ClN2O3/c1-29-22-11-5-3-8-18(22)14-23(28)27-12-6-9-19(16-27)24-26-15-20(30-24)13-17-7-2-4-10-21(17)25/h2-5,7-8,10-11,15,19H,6,9,12-14,16H2,1H3/t19-/m1/s1. The van der Waals surface area contributed by atoms with Gasteiger partial charge in [-0.05, 0) is 30.5 Å². The van der Waals surface area contributed by atoms with Gasteiger partial charge in [-0.25, -0.2) is 4.98 Å².